The van der Waals surface area contributed by atoms with Crippen LogP contribution in [0.5, 0.6) is 11.5 Å². The van der Waals surface area contributed by atoms with Crippen LogP contribution in [-0.4, -0.2) is 40.3 Å². The normalized spacial score (nSPS) is 16.7. The van der Waals surface area contributed by atoms with Gasteiger partial charge in [-0.2, -0.15) is 0 Å². The summed E-state index contributed by atoms with van der Waals surface area (Å²) in [6.07, 6.45) is 2.90. The van der Waals surface area contributed by atoms with Gasteiger partial charge in [0, 0.05) is 28.7 Å². The number of nitrogens with one attached hydrogen (secondary N) is 1. The summed E-state index contributed by atoms with van der Waals surface area (Å²) >= 11 is 0. The average molecular weight is 433 g/mol. The van der Waals surface area contributed by atoms with E-state index in [1.165, 1.54) is 22.8 Å². The van der Waals surface area contributed by atoms with Crippen molar-refractivity contribution in [2.45, 2.75) is 6.54 Å². The SMILES string of the molecule is O=C(O)Cn1cc(/C=C2\C(=O)NC(=O)N(c3ccc4c(c3)OCO4)C2=O)c2ccccc21. The van der Waals surface area contributed by atoms with Crippen molar-refractivity contribution in [3.8, 4) is 11.5 Å². The number of benzene rings is 2. The minimum Gasteiger partial charge on any atom is -0.480 e. The molecule has 0 unspecified atom stereocenters. The summed E-state index contributed by atoms with van der Waals surface area (Å²) in [5.41, 5.74) is 1.05. The van der Waals surface area contributed by atoms with Gasteiger partial charge in [0.2, 0.25) is 6.79 Å². The van der Waals surface area contributed by atoms with Crippen molar-refractivity contribution in [3.63, 3.8) is 0 Å². The number of barbiturate groups is 1. The number of carboxylic acids is 1. The van der Waals surface area contributed by atoms with Crippen molar-refractivity contribution in [2.75, 3.05) is 11.7 Å². The first-order chi connectivity index (χ1) is 15.4. The highest BCUT2D eigenvalue weighted by atomic mass is 16.7. The Bertz CT molecular complexity index is 1350. The number of hydrogen-bond donors (Lipinski definition) is 2. The predicted octanol–water partition coefficient (Wildman–Crippen LogP) is 2.12. The maximum absolute atomic E-state index is 13.2. The number of nitrogens with zero attached hydrogens (tertiary/aromatic N) is 2. The Balaban J connectivity index is 1.57. The van der Waals surface area contributed by atoms with E-state index in [1.807, 2.05) is 0 Å². The first-order valence-electron chi connectivity index (χ1n) is 9.53. The summed E-state index contributed by atoms with van der Waals surface area (Å²) in [4.78, 5) is 50.2. The molecule has 2 aliphatic heterocycles. The second-order valence-electron chi connectivity index (χ2n) is 7.12. The second-order valence-corrected chi connectivity index (χ2v) is 7.12. The van der Waals surface area contributed by atoms with Crippen LogP contribution >= 0.6 is 0 Å². The Morgan fingerprint density at radius 2 is 1.88 bits per heavy atom. The third-order valence-corrected chi connectivity index (χ3v) is 5.14. The standard InChI is InChI=1S/C22H15N3O7/c26-19(27)10-24-9-12(14-3-1-2-4-16(14)24)7-15-20(28)23-22(30)25(21(15)29)13-5-6-17-18(8-13)32-11-31-17/h1-9H,10-11H2,(H,26,27)(H,23,28,30)/b15-7+. The summed E-state index contributed by atoms with van der Waals surface area (Å²) in [6, 6.07) is 10.7. The van der Waals surface area contributed by atoms with Crippen LogP contribution < -0.4 is 19.7 Å². The lowest BCUT2D eigenvalue weighted by Crippen LogP contribution is -2.54. The average Bonchev–Trinajstić information content (AvgIpc) is 3.35. The highest BCUT2D eigenvalue weighted by Crippen LogP contribution is 2.36. The van der Waals surface area contributed by atoms with E-state index in [2.05, 4.69) is 5.32 Å². The molecule has 2 aliphatic rings. The van der Waals surface area contributed by atoms with Gasteiger partial charge in [0.25, 0.3) is 11.8 Å². The Labute approximate surface area is 180 Å². The second kappa shape index (κ2) is 7.27. The molecule has 1 aromatic heterocycles. The summed E-state index contributed by atoms with van der Waals surface area (Å²) < 4.78 is 12.1. The van der Waals surface area contributed by atoms with E-state index >= 15 is 0 Å². The van der Waals surface area contributed by atoms with Crippen molar-refractivity contribution in [1.82, 2.24) is 9.88 Å². The zero-order valence-corrected chi connectivity index (χ0v) is 16.4. The van der Waals surface area contributed by atoms with Crippen molar-refractivity contribution >= 4 is 46.5 Å². The number of amides is 4. The van der Waals surface area contributed by atoms with Gasteiger partial charge >= 0.3 is 12.0 Å². The molecule has 4 amide bonds. The highest BCUT2D eigenvalue weighted by Gasteiger charge is 2.37. The number of imide groups is 2. The topological polar surface area (TPSA) is 127 Å². The van der Waals surface area contributed by atoms with Crippen LogP contribution in [0.25, 0.3) is 17.0 Å². The summed E-state index contributed by atoms with van der Waals surface area (Å²) in [6.45, 7) is -0.255. The third-order valence-electron chi connectivity index (χ3n) is 5.14. The molecule has 1 saturated heterocycles. The Morgan fingerprint density at radius 1 is 1.09 bits per heavy atom. The number of anilines is 1. The molecule has 32 heavy (non-hydrogen) atoms. The third kappa shape index (κ3) is 3.14. The number of carbonyl (C=O) groups is 4. The fourth-order valence-electron chi connectivity index (χ4n) is 3.74. The molecule has 0 saturated carbocycles. The van der Waals surface area contributed by atoms with Crippen LogP contribution in [0.15, 0.2) is 54.2 Å². The first kappa shape index (κ1) is 19.4. The molecule has 3 heterocycles. The minimum absolute atomic E-state index is 0.0307. The molecule has 160 valence electrons. The molecule has 0 aliphatic carbocycles. The smallest absolute Gasteiger partial charge is 0.335 e. The van der Waals surface area contributed by atoms with Gasteiger partial charge in [-0.1, -0.05) is 18.2 Å². The molecule has 0 spiro atoms. The molecule has 0 radical (unpaired) electrons. The van der Waals surface area contributed by atoms with Gasteiger partial charge in [-0.25, -0.2) is 9.69 Å². The van der Waals surface area contributed by atoms with Crippen LogP contribution in [0.4, 0.5) is 10.5 Å². The minimum atomic E-state index is -1.03. The quantitative estimate of drug-likeness (QED) is 0.477. The number of rotatable bonds is 4. The van der Waals surface area contributed by atoms with Crippen molar-refractivity contribution in [3.05, 3.63) is 59.8 Å². The lowest BCUT2D eigenvalue weighted by molar-refractivity contribution is -0.137. The van der Waals surface area contributed by atoms with Gasteiger partial charge in [0.15, 0.2) is 11.5 Å². The zero-order valence-electron chi connectivity index (χ0n) is 16.4. The van der Waals surface area contributed by atoms with Crippen molar-refractivity contribution < 1.29 is 33.8 Å². The highest BCUT2D eigenvalue weighted by molar-refractivity contribution is 6.39. The number of aromatic nitrogens is 1. The first-order valence-corrected chi connectivity index (χ1v) is 9.53. The van der Waals surface area contributed by atoms with Crippen LogP contribution in [0.1, 0.15) is 5.56 Å². The molecular weight excluding hydrogens is 418 g/mol. The van der Waals surface area contributed by atoms with Gasteiger partial charge in [-0.15, -0.1) is 0 Å². The molecule has 5 rings (SSSR count). The number of carboxylic acid groups (broad SMARTS) is 1. The number of urea groups is 1. The summed E-state index contributed by atoms with van der Waals surface area (Å²) in [7, 11) is 0. The molecule has 10 nitrogen and oxygen atoms in total. The number of aliphatic carboxylic acids is 1. The molecule has 1 fully saturated rings. The van der Waals surface area contributed by atoms with E-state index in [4.69, 9.17) is 9.47 Å². The lowest BCUT2D eigenvalue weighted by atomic mass is 10.1. The Hall–Kier alpha value is -4.60. The van der Waals surface area contributed by atoms with Gasteiger partial charge < -0.3 is 19.1 Å². The van der Waals surface area contributed by atoms with Gasteiger partial charge in [0.1, 0.15) is 12.1 Å². The molecular formula is C22H15N3O7. The maximum atomic E-state index is 13.2. The molecule has 0 atom stereocenters. The maximum Gasteiger partial charge on any atom is 0.335 e. The van der Waals surface area contributed by atoms with E-state index in [9.17, 15) is 24.3 Å². The van der Waals surface area contributed by atoms with Gasteiger partial charge in [-0.3, -0.25) is 19.7 Å². The Kier molecular flexibility index (Phi) is 4.40. The van der Waals surface area contributed by atoms with Gasteiger partial charge in [0.05, 0.1) is 5.69 Å². The molecule has 2 N–H and O–H groups in total. The van der Waals surface area contributed by atoms with Crippen LogP contribution in [0.3, 0.4) is 0 Å². The zero-order chi connectivity index (χ0) is 22.4. The van der Waals surface area contributed by atoms with Crippen LogP contribution in [0, 0.1) is 0 Å². The van der Waals surface area contributed by atoms with E-state index in [0.29, 0.717) is 28.0 Å². The van der Waals surface area contributed by atoms with E-state index in [1.54, 1.807) is 36.5 Å². The number of fused-ring (bicyclic) bond motifs is 2. The Morgan fingerprint density at radius 3 is 2.69 bits per heavy atom. The number of hydrogen-bond acceptors (Lipinski definition) is 6. The fourth-order valence-corrected chi connectivity index (χ4v) is 3.74. The molecule has 0 bridgehead atoms. The molecule has 2 aromatic carbocycles. The molecule has 10 heteroatoms. The van der Waals surface area contributed by atoms with E-state index in [-0.39, 0.29) is 24.6 Å². The fraction of sp³-hybridized carbons (Fsp3) is 0.0909. The monoisotopic (exact) mass is 433 g/mol. The predicted molar refractivity (Wildman–Crippen MR) is 111 cm³/mol. The largest absolute Gasteiger partial charge is 0.480 e. The van der Waals surface area contributed by atoms with Crippen molar-refractivity contribution in [1.29, 1.82) is 0 Å². The summed E-state index contributed by atoms with van der Waals surface area (Å²) in [5.74, 6) is -1.82. The number of para-hydroxylation sites is 1. The lowest BCUT2D eigenvalue weighted by Gasteiger charge is -2.26. The number of carbonyl (C=O) groups excluding carboxylic acids is 3. The van der Waals surface area contributed by atoms with E-state index in [0.717, 1.165) is 4.90 Å². The number of ether oxygens (including phenoxy) is 2. The van der Waals surface area contributed by atoms with Crippen molar-refractivity contribution in [2.24, 2.45) is 0 Å². The van der Waals surface area contributed by atoms with Crippen LogP contribution in [-0.2, 0) is 20.9 Å². The summed E-state index contributed by atoms with van der Waals surface area (Å²) in [5, 5.41) is 12.0. The van der Waals surface area contributed by atoms with E-state index < -0.39 is 23.8 Å². The molecule has 3 aromatic rings. The van der Waals surface area contributed by atoms with Crippen LogP contribution in [0.2, 0.25) is 0 Å². The van der Waals surface area contributed by atoms with Gasteiger partial charge in [-0.05, 0) is 24.3 Å².